The molecular weight excluding hydrogens is 243 g/mol. The predicted molar refractivity (Wildman–Crippen MR) is 68.9 cm³/mol. The van der Waals surface area contributed by atoms with E-state index in [2.05, 4.69) is 0 Å². The maximum absolute atomic E-state index is 12.7. The number of nitrogens with two attached hydrogens (primary N) is 1. The highest BCUT2D eigenvalue weighted by atomic mass is 19.2. The van der Waals surface area contributed by atoms with Gasteiger partial charge in [-0.25, -0.2) is 13.2 Å². The molecule has 0 heterocycles. The third-order valence-electron chi connectivity index (χ3n) is 1.69. The Morgan fingerprint density at radius 2 is 1.56 bits per heavy atom. The Balaban J connectivity index is -0.000000467. The molecule has 1 aromatic rings. The Hall–Kier alpha value is -1.36. The van der Waals surface area contributed by atoms with Crippen LogP contribution < -0.4 is 5.73 Å². The number of aldehydes is 1. The van der Waals surface area contributed by atoms with E-state index < -0.39 is 23.5 Å². The van der Waals surface area contributed by atoms with Crippen molar-refractivity contribution in [2.45, 2.75) is 40.2 Å². The minimum absolute atomic E-state index is 0. The van der Waals surface area contributed by atoms with Crippen LogP contribution in [0, 0.1) is 17.5 Å². The molecule has 1 aromatic carbocycles. The second-order valence-corrected chi connectivity index (χ2v) is 2.88. The fourth-order valence-electron chi connectivity index (χ4n) is 1.05. The number of rotatable bonds is 3. The molecule has 106 valence electrons. The Morgan fingerprint density at radius 1 is 1.17 bits per heavy atom. The molecular formula is C13H22F3NO. The SMILES string of the molecule is CC.CC.N[C@H](C=O)Cc1cc(F)c(F)c(F)c1.[HH]. The van der Waals surface area contributed by atoms with Crippen LogP contribution in [-0.4, -0.2) is 12.3 Å². The second kappa shape index (κ2) is 10.8. The summed E-state index contributed by atoms with van der Waals surface area (Å²) in [4.78, 5) is 10.2. The molecule has 0 spiro atoms. The number of hydrogen-bond donors (Lipinski definition) is 1. The van der Waals surface area contributed by atoms with Crippen molar-refractivity contribution >= 4 is 6.29 Å². The number of benzene rings is 1. The van der Waals surface area contributed by atoms with E-state index in [0.717, 1.165) is 12.1 Å². The van der Waals surface area contributed by atoms with Gasteiger partial charge in [0.2, 0.25) is 0 Å². The maximum atomic E-state index is 12.7. The zero-order valence-corrected chi connectivity index (χ0v) is 11.1. The van der Waals surface area contributed by atoms with Gasteiger partial charge in [0, 0.05) is 1.43 Å². The molecule has 5 heteroatoms. The minimum Gasteiger partial charge on any atom is -0.321 e. The van der Waals surface area contributed by atoms with Gasteiger partial charge in [-0.05, 0) is 24.1 Å². The van der Waals surface area contributed by atoms with Gasteiger partial charge in [-0.15, -0.1) is 0 Å². The summed E-state index contributed by atoms with van der Waals surface area (Å²) in [5.74, 6) is -4.08. The van der Waals surface area contributed by atoms with Crippen molar-refractivity contribution in [3.63, 3.8) is 0 Å². The number of halogens is 3. The molecule has 1 atom stereocenters. The summed E-state index contributed by atoms with van der Waals surface area (Å²) in [5, 5.41) is 0. The van der Waals surface area contributed by atoms with Crippen LogP contribution in [0.3, 0.4) is 0 Å². The van der Waals surface area contributed by atoms with E-state index in [4.69, 9.17) is 5.73 Å². The molecule has 0 radical (unpaired) electrons. The first-order valence-electron chi connectivity index (χ1n) is 5.89. The van der Waals surface area contributed by atoms with Gasteiger partial charge in [-0.3, -0.25) is 0 Å². The van der Waals surface area contributed by atoms with Crippen molar-refractivity contribution in [1.82, 2.24) is 0 Å². The number of hydrogen-bond acceptors (Lipinski definition) is 2. The van der Waals surface area contributed by atoms with Crippen LogP contribution in [-0.2, 0) is 11.2 Å². The van der Waals surface area contributed by atoms with Gasteiger partial charge in [0.1, 0.15) is 6.29 Å². The molecule has 0 saturated carbocycles. The van der Waals surface area contributed by atoms with Gasteiger partial charge in [0.15, 0.2) is 17.5 Å². The lowest BCUT2D eigenvalue weighted by Gasteiger charge is -2.05. The molecule has 0 fully saturated rings. The van der Waals surface area contributed by atoms with Gasteiger partial charge in [-0.1, -0.05) is 27.7 Å². The predicted octanol–water partition coefficient (Wildman–Crippen LogP) is 3.47. The zero-order chi connectivity index (χ0) is 14.7. The van der Waals surface area contributed by atoms with Gasteiger partial charge < -0.3 is 10.5 Å². The van der Waals surface area contributed by atoms with E-state index in [-0.39, 0.29) is 13.4 Å². The first-order chi connectivity index (χ1) is 8.54. The normalized spacial score (nSPS) is 10.4. The summed E-state index contributed by atoms with van der Waals surface area (Å²) in [6.07, 6.45) is 0.441. The fraction of sp³-hybridized carbons (Fsp3) is 0.462. The van der Waals surface area contributed by atoms with E-state index in [0.29, 0.717) is 6.29 Å². The molecule has 2 N–H and O–H groups in total. The highest BCUT2D eigenvalue weighted by Crippen LogP contribution is 2.14. The molecule has 0 bridgehead atoms. The van der Waals surface area contributed by atoms with Crippen LogP contribution in [0.25, 0.3) is 0 Å². The van der Waals surface area contributed by atoms with Crippen molar-refractivity contribution in [2.24, 2.45) is 5.73 Å². The van der Waals surface area contributed by atoms with Crippen LogP contribution in [0.1, 0.15) is 34.7 Å². The van der Waals surface area contributed by atoms with Gasteiger partial charge in [0.05, 0.1) is 6.04 Å². The monoisotopic (exact) mass is 265 g/mol. The van der Waals surface area contributed by atoms with Crippen molar-refractivity contribution in [2.75, 3.05) is 0 Å². The molecule has 0 saturated heterocycles. The van der Waals surface area contributed by atoms with Crippen molar-refractivity contribution < 1.29 is 19.4 Å². The van der Waals surface area contributed by atoms with Crippen molar-refractivity contribution in [3.8, 4) is 0 Å². The largest absolute Gasteiger partial charge is 0.321 e. The fourth-order valence-corrected chi connectivity index (χ4v) is 1.05. The van der Waals surface area contributed by atoms with Crippen molar-refractivity contribution in [3.05, 3.63) is 35.1 Å². The van der Waals surface area contributed by atoms with E-state index >= 15 is 0 Å². The Morgan fingerprint density at radius 3 is 1.89 bits per heavy atom. The second-order valence-electron chi connectivity index (χ2n) is 2.88. The number of carbonyl (C=O) groups is 1. The molecule has 0 aromatic heterocycles. The molecule has 0 aliphatic rings. The summed E-state index contributed by atoms with van der Waals surface area (Å²) in [6.45, 7) is 8.00. The molecule has 18 heavy (non-hydrogen) atoms. The third kappa shape index (κ3) is 6.39. The summed E-state index contributed by atoms with van der Waals surface area (Å²) in [7, 11) is 0. The molecule has 0 amide bonds. The molecule has 0 aliphatic carbocycles. The lowest BCUT2D eigenvalue weighted by molar-refractivity contribution is -0.108. The highest BCUT2D eigenvalue weighted by molar-refractivity contribution is 5.57. The summed E-state index contributed by atoms with van der Waals surface area (Å²) in [5.41, 5.74) is 5.39. The lowest BCUT2D eigenvalue weighted by Crippen LogP contribution is -2.24. The van der Waals surface area contributed by atoms with E-state index in [1.54, 1.807) is 0 Å². The molecule has 0 unspecified atom stereocenters. The zero-order valence-electron chi connectivity index (χ0n) is 11.1. The first kappa shape index (κ1) is 19.0. The smallest absolute Gasteiger partial charge is 0.194 e. The third-order valence-corrected chi connectivity index (χ3v) is 1.69. The lowest BCUT2D eigenvalue weighted by atomic mass is 10.1. The Bertz CT molecular complexity index is 339. The van der Waals surface area contributed by atoms with E-state index in [1.165, 1.54) is 0 Å². The Labute approximate surface area is 107 Å². The van der Waals surface area contributed by atoms with Crippen LogP contribution in [0.2, 0.25) is 0 Å². The summed E-state index contributed by atoms with van der Waals surface area (Å²) < 4.78 is 37.8. The van der Waals surface area contributed by atoms with E-state index in [1.807, 2.05) is 27.7 Å². The Kier molecular flexibility index (Phi) is 11.4. The maximum Gasteiger partial charge on any atom is 0.194 e. The average Bonchev–Trinajstić information content (AvgIpc) is 2.40. The quantitative estimate of drug-likeness (QED) is 0.671. The standard InChI is InChI=1S/C9H8F3NO.2C2H6.H2/c10-7-2-5(1-6(13)4-14)3-8(11)9(7)12;2*1-2;/h2-4,6H,1,13H2;2*1-2H3;1H/t6-;;;/m0.../s1. The molecule has 1 rings (SSSR count). The van der Waals surface area contributed by atoms with E-state index in [9.17, 15) is 18.0 Å². The van der Waals surface area contributed by atoms with Gasteiger partial charge >= 0.3 is 0 Å². The topological polar surface area (TPSA) is 43.1 Å². The van der Waals surface area contributed by atoms with Gasteiger partial charge in [0.25, 0.3) is 0 Å². The van der Waals surface area contributed by atoms with Crippen LogP contribution in [0.15, 0.2) is 12.1 Å². The van der Waals surface area contributed by atoms with Gasteiger partial charge in [-0.2, -0.15) is 0 Å². The van der Waals surface area contributed by atoms with Crippen LogP contribution in [0.4, 0.5) is 13.2 Å². The first-order valence-corrected chi connectivity index (χ1v) is 5.89. The van der Waals surface area contributed by atoms with Crippen LogP contribution >= 0.6 is 0 Å². The average molecular weight is 265 g/mol. The van der Waals surface area contributed by atoms with Crippen molar-refractivity contribution in [1.29, 1.82) is 0 Å². The highest BCUT2D eigenvalue weighted by Gasteiger charge is 2.11. The number of carbonyl (C=O) groups excluding carboxylic acids is 1. The van der Waals surface area contributed by atoms with Crippen LogP contribution in [0.5, 0.6) is 0 Å². The summed E-state index contributed by atoms with van der Waals surface area (Å²) >= 11 is 0. The molecule has 2 nitrogen and oxygen atoms in total. The minimum atomic E-state index is -1.52. The summed E-state index contributed by atoms with van der Waals surface area (Å²) in [6, 6.07) is 0.808. The molecule has 0 aliphatic heterocycles.